The molecule has 0 saturated carbocycles. The average molecular weight is 400 g/mol. The molecular weight excluding hydrogens is 380 g/mol. The number of fused-ring (bicyclic) bond motifs is 1. The first-order chi connectivity index (χ1) is 13.3. The maximum atomic E-state index is 13.0. The highest BCUT2D eigenvalue weighted by Gasteiger charge is 2.21. The van der Waals surface area contributed by atoms with Crippen molar-refractivity contribution >= 4 is 33.5 Å². The van der Waals surface area contributed by atoms with Crippen LogP contribution in [0, 0.1) is 6.92 Å². The van der Waals surface area contributed by atoms with Gasteiger partial charge in [0.2, 0.25) is 0 Å². The lowest BCUT2D eigenvalue weighted by atomic mass is 10.1. The van der Waals surface area contributed by atoms with Crippen molar-refractivity contribution in [3.05, 3.63) is 62.5 Å². The van der Waals surface area contributed by atoms with Crippen LogP contribution >= 0.6 is 11.3 Å². The van der Waals surface area contributed by atoms with Crippen LogP contribution in [0.15, 0.2) is 35.4 Å². The Morgan fingerprint density at radius 1 is 1.25 bits per heavy atom. The van der Waals surface area contributed by atoms with Crippen molar-refractivity contribution in [2.75, 3.05) is 7.11 Å². The molecule has 2 heterocycles. The van der Waals surface area contributed by atoms with Crippen LogP contribution in [0.5, 0.6) is 0 Å². The summed E-state index contributed by atoms with van der Waals surface area (Å²) in [5.41, 5.74) is 1.50. The first-order valence-electron chi connectivity index (χ1n) is 8.68. The van der Waals surface area contributed by atoms with Gasteiger partial charge >= 0.3 is 11.9 Å². The summed E-state index contributed by atoms with van der Waals surface area (Å²) in [7, 11) is 1.32. The molecule has 0 radical (unpaired) electrons. The Morgan fingerprint density at radius 3 is 2.68 bits per heavy atom. The number of aromatic nitrogens is 2. The summed E-state index contributed by atoms with van der Waals surface area (Å²) < 4.78 is 11.4. The number of thiophene rings is 1. The van der Waals surface area contributed by atoms with Gasteiger partial charge in [0.05, 0.1) is 37.0 Å². The molecule has 0 amide bonds. The molecule has 0 spiro atoms. The highest BCUT2D eigenvalue weighted by Crippen LogP contribution is 2.27. The van der Waals surface area contributed by atoms with E-state index in [1.807, 2.05) is 6.07 Å². The molecule has 8 heteroatoms. The Labute approximate surface area is 165 Å². The zero-order valence-corrected chi connectivity index (χ0v) is 16.8. The maximum absolute atomic E-state index is 13.0. The van der Waals surface area contributed by atoms with Crippen LogP contribution in [-0.2, 0) is 16.0 Å². The molecule has 0 saturated heterocycles. The molecule has 0 atom stereocenters. The number of methoxy groups -OCH3 is 1. The van der Waals surface area contributed by atoms with E-state index in [9.17, 15) is 14.4 Å². The van der Waals surface area contributed by atoms with Gasteiger partial charge in [-0.3, -0.25) is 9.36 Å². The molecule has 0 bridgehead atoms. The molecule has 1 aromatic carbocycles. The van der Waals surface area contributed by atoms with Crippen molar-refractivity contribution in [3.63, 3.8) is 0 Å². The van der Waals surface area contributed by atoms with Crippen molar-refractivity contribution in [3.8, 4) is 0 Å². The second kappa shape index (κ2) is 7.93. The van der Waals surface area contributed by atoms with Gasteiger partial charge in [-0.25, -0.2) is 14.6 Å². The fraction of sp³-hybridized carbons (Fsp3) is 0.300. The molecule has 28 heavy (non-hydrogen) atoms. The Morgan fingerprint density at radius 2 is 2.00 bits per heavy atom. The van der Waals surface area contributed by atoms with Crippen LogP contribution in [0.25, 0.3) is 10.2 Å². The minimum Gasteiger partial charge on any atom is -0.465 e. The molecule has 7 nitrogen and oxygen atoms in total. The monoisotopic (exact) mass is 400 g/mol. The summed E-state index contributed by atoms with van der Waals surface area (Å²) in [6.45, 7) is 5.51. The van der Waals surface area contributed by atoms with Crippen LogP contribution in [0.2, 0.25) is 0 Å². The lowest BCUT2D eigenvalue weighted by Crippen LogP contribution is -2.21. The van der Waals surface area contributed by atoms with E-state index in [2.05, 4.69) is 4.98 Å². The molecule has 0 fully saturated rings. The van der Waals surface area contributed by atoms with E-state index in [0.29, 0.717) is 26.2 Å². The normalized spacial score (nSPS) is 11.0. The molecule has 3 rings (SSSR count). The summed E-state index contributed by atoms with van der Waals surface area (Å²) in [5.74, 6) is -0.892. The Bertz CT molecular complexity index is 1110. The maximum Gasteiger partial charge on any atom is 0.348 e. The van der Waals surface area contributed by atoms with Gasteiger partial charge in [0.1, 0.15) is 9.71 Å². The second-order valence-corrected chi connectivity index (χ2v) is 7.56. The Kier molecular flexibility index (Phi) is 5.60. The topological polar surface area (TPSA) is 87.5 Å². The number of carbonyl (C=O) groups is 2. The first kappa shape index (κ1) is 19.8. The number of nitrogens with zero attached hydrogens (tertiary/aromatic N) is 2. The number of esters is 2. The number of aryl methyl sites for hydroxylation is 1. The number of hydrogen-bond acceptors (Lipinski definition) is 7. The number of rotatable bonds is 5. The summed E-state index contributed by atoms with van der Waals surface area (Å²) in [6, 6.07) is 6.87. The molecule has 0 aliphatic heterocycles. The van der Waals surface area contributed by atoms with E-state index >= 15 is 0 Å². The summed E-state index contributed by atoms with van der Waals surface area (Å²) in [6.07, 6.45) is 1.20. The van der Waals surface area contributed by atoms with Gasteiger partial charge in [-0.15, -0.1) is 11.3 Å². The van der Waals surface area contributed by atoms with E-state index in [0.717, 1.165) is 16.9 Å². The second-order valence-electron chi connectivity index (χ2n) is 6.56. The molecule has 146 valence electrons. The number of hydrogen-bond donors (Lipinski definition) is 0. The average Bonchev–Trinajstić information content (AvgIpc) is 3.00. The third-order valence-electron chi connectivity index (χ3n) is 4.15. The fourth-order valence-electron chi connectivity index (χ4n) is 2.85. The van der Waals surface area contributed by atoms with Crippen molar-refractivity contribution in [1.29, 1.82) is 0 Å². The molecular formula is C20H20N2O5S. The molecule has 0 N–H and O–H groups in total. The van der Waals surface area contributed by atoms with Crippen molar-refractivity contribution < 1.29 is 19.1 Å². The van der Waals surface area contributed by atoms with Gasteiger partial charge in [-0.05, 0) is 44.0 Å². The Balaban J connectivity index is 1.99. The number of benzene rings is 1. The SMILES string of the molecule is COC(=O)c1cccc(Cn2cnc3sc(C(=O)OC(C)C)c(C)c3c2=O)c1. The van der Waals surface area contributed by atoms with Gasteiger partial charge in [0, 0.05) is 0 Å². The largest absolute Gasteiger partial charge is 0.465 e. The standard InChI is InChI=1S/C20H20N2O5S/c1-11(2)27-20(25)16-12(3)15-17(28-16)21-10-22(18(15)23)9-13-6-5-7-14(8-13)19(24)26-4/h5-8,10-11H,9H2,1-4H3. The summed E-state index contributed by atoms with van der Waals surface area (Å²) >= 11 is 1.15. The summed E-state index contributed by atoms with van der Waals surface area (Å²) in [5, 5.41) is 0.410. The third kappa shape index (κ3) is 3.82. The predicted octanol–water partition coefficient (Wildman–Crippen LogP) is 3.17. The lowest BCUT2D eigenvalue weighted by Gasteiger charge is -2.07. The molecule has 3 aromatic rings. The van der Waals surface area contributed by atoms with Crippen LogP contribution in [-0.4, -0.2) is 34.7 Å². The van der Waals surface area contributed by atoms with Crippen molar-refractivity contribution in [1.82, 2.24) is 9.55 Å². The third-order valence-corrected chi connectivity index (χ3v) is 5.33. The minimum atomic E-state index is -0.452. The van der Waals surface area contributed by atoms with Crippen molar-refractivity contribution in [2.45, 2.75) is 33.4 Å². The quantitative estimate of drug-likeness (QED) is 0.612. The van der Waals surface area contributed by atoms with E-state index in [4.69, 9.17) is 9.47 Å². The van der Waals surface area contributed by atoms with Crippen LogP contribution in [0.4, 0.5) is 0 Å². The fourth-order valence-corrected chi connectivity index (χ4v) is 3.87. The lowest BCUT2D eigenvalue weighted by molar-refractivity contribution is 0.0382. The smallest absolute Gasteiger partial charge is 0.348 e. The molecule has 2 aromatic heterocycles. The number of carbonyl (C=O) groups excluding carboxylic acids is 2. The Hall–Kier alpha value is -3.00. The van der Waals surface area contributed by atoms with Gasteiger partial charge in [-0.1, -0.05) is 12.1 Å². The zero-order valence-electron chi connectivity index (χ0n) is 16.0. The molecule has 0 aliphatic carbocycles. The van der Waals surface area contributed by atoms with Gasteiger partial charge in [-0.2, -0.15) is 0 Å². The number of ether oxygens (including phenoxy) is 2. The highest BCUT2D eigenvalue weighted by atomic mass is 32.1. The first-order valence-corrected chi connectivity index (χ1v) is 9.50. The van der Waals surface area contributed by atoms with Crippen molar-refractivity contribution in [2.24, 2.45) is 0 Å². The zero-order chi connectivity index (χ0) is 20.4. The van der Waals surface area contributed by atoms with Crippen LogP contribution in [0.1, 0.15) is 45.0 Å². The van der Waals surface area contributed by atoms with E-state index < -0.39 is 11.9 Å². The van der Waals surface area contributed by atoms with E-state index in [1.54, 1.807) is 39.0 Å². The predicted molar refractivity (Wildman–Crippen MR) is 106 cm³/mol. The summed E-state index contributed by atoms with van der Waals surface area (Å²) in [4.78, 5) is 42.2. The molecule has 0 unspecified atom stereocenters. The van der Waals surface area contributed by atoms with Gasteiger partial charge < -0.3 is 9.47 Å². The van der Waals surface area contributed by atoms with Gasteiger partial charge in [0.25, 0.3) is 5.56 Å². The van der Waals surface area contributed by atoms with Gasteiger partial charge in [0.15, 0.2) is 0 Å². The minimum absolute atomic E-state index is 0.244. The highest BCUT2D eigenvalue weighted by molar-refractivity contribution is 7.20. The van der Waals surface area contributed by atoms with Crippen LogP contribution < -0.4 is 5.56 Å². The van der Waals surface area contributed by atoms with E-state index in [-0.39, 0.29) is 18.2 Å². The van der Waals surface area contributed by atoms with E-state index in [1.165, 1.54) is 18.0 Å². The molecule has 0 aliphatic rings. The van der Waals surface area contributed by atoms with Crippen LogP contribution in [0.3, 0.4) is 0 Å².